The fraction of sp³-hybridized carbons (Fsp3) is 0.125. The Hall–Kier alpha value is -2.60. The summed E-state index contributed by atoms with van der Waals surface area (Å²) in [7, 11) is 1.64. The van der Waals surface area contributed by atoms with E-state index in [1.165, 1.54) is 0 Å². The first-order valence-corrected chi connectivity index (χ1v) is 7.59. The molecule has 5 nitrogen and oxygen atoms in total. The smallest absolute Gasteiger partial charge is 0.268 e. The first kappa shape index (κ1) is 13.1. The average molecular weight is 312 g/mol. The predicted octanol–water partition coefficient (Wildman–Crippen LogP) is 4.53. The van der Waals surface area contributed by atoms with Gasteiger partial charge in [-0.2, -0.15) is 4.98 Å². The highest BCUT2D eigenvalue weighted by molar-refractivity contribution is 7.13. The van der Waals surface area contributed by atoms with Crippen molar-refractivity contribution in [2.75, 3.05) is 7.11 Å². The van der Waals surface area contributed by atoms with Gasteiger partial charge in [-0.15, -0.1) is 11.3 Å². The largest absolute Gasteiger partial charge is 0.497 e. The number of thiophene rings is 1. The second-order valence-electron chi connectivity index (χ2n) is 4.82. The number of nitrogens with zero attached hydrogens (tertiary/aromatic N) is 2. The Morgan fingerprint density at radius 3 is 2.91 bits per heavy atom. The third kappa shape index (κ3) is 2.00. The molecule has 6 heteroatoms. The van der Waals surface area contributed by atoms with Gasteiger partial charge in [-0.25, -0.2) is 0 Å². The Kier molecular flexibility index (Phi) is 2.97. The van der Waals surface area contributed by atoms with Gasteiger partial charge in [0.25, 0.3) is 5.89 Å². The lowest BCUT2D eigenvalue weighted by molar-refractivity contribution is 0.415. The standard InChI is InChI=1S/C16H12N2O3S/c1-9-11-8-10(19-2)5-6-12(11)20-14(9)15-17-16(21-18-15)13-4-3-7-22-13/h3-8H,1-2H3. The predicted molar refractivity (Wildman–Crippen MR) is 84.1 cm³/mol. The number of rotatable bonds is 3. The van der Waals surface area contributed by atoms with Gasteiger partial charge in [-0.1, -0.05) is 11.2 Å². The van der Waals surface area contributed by atoms with Crippen LogP contribution in [-0.2, 0) is 0 Å². The molecule has 0 unspecified atom stereocenters. The summed E-state index contributed by atoms with van der Waals surface area (Å²) >= 11 is 1.56. The van der Waals surface area contributed by atoms with E-state index in [4.69, 9.17) is 13.7 Å². The van der Waals surface area contributed by atoms with Crippen LogP contribution >= 0.6 is 11.3 Å². The number of benzene rings is 1. The van der Waals surface area contributed by atoms with Crippen molar-refractivity contribution in [3.63, 3.8) is 0 Å². The van der Waals surface area contributed by atoms with E-state index in [1.807, 2.05) is 42.6 Å². The Bertz CT molecular complexity index is 938. The van der Waals surface area contributed by atoms with Crippen molar-refractivity contribution >= 4 is 22.3 Å². The van der Waals surface area contributed by atoms with Crippen LogP contribution in [0.4, 0.5) is 0 Å². The highest BCUT2D eigenvalue weighted by atomic mass is 32.1. The van der Waals surface area contributed by atoms with Crippen molar-refractivity contribution < 1.29 is 13.7 Å². The number of aromatic nitrogens is 2. The number of furan rings is 1. The van der Waals surface area contributed by atoms with Crippen molar-refractivity contribution in [1.29, 1.82) is 0 Å². The first-order chi connectivity index (χ1) is 10.8. The summed E-state index contributed by atoms with van der Waals surface area (Å²) < 4.78 is 16.5. The molecule has 0 N–H and O–H groups in total. The summed E-state index contributed by atoms with van der Waals surface area (Å²) in [4.78, 5) is 5.37. The quantitative estimate of drug-likeness (QED) is 0.556. The lowest BCUT2D eigenvalue weighted by atomic mass is 10.1. The van der Waals surface area contributed by atoms with Crippen molar-refractivity contribution in [1.82, 2.24) is 10.1 Å². The van der Waals surface area contributed by atoms with E-state index in [0.29, 0.717) is 17.5 Å². The van der Waals surface area contributed by atoms with Gasteiger partial charge in [0.05, 0.1) is 12.0 Å². The molecule has 0 fully saturated rings. The summed E-state index contributed by atoms with van der Waals surface area (Å²) in [5.74, 6) is 2.36. The molecular weight excluding hydrogens is 300 g/mol. The van der Waals surface area contributed by atoms with E-state index < -0.39 is 0 Å². The molecule has 22 heavy (non-hydrogen) atoms. The molecule has 0 bridgehead atoms. The van der Waals surface area contributed by atoms with Gasteiger partial charge in [0, 0.05) is 10.9 Å². The van der Waals surface area contributed by atoms with Crippen LogP contribution in [0.5, 0.6) is 5.75 Å². The van der Waals surface area contributed by atoms with Crippen molar-refractivity contribution in [3.05, 3.63) is 41.3 Å². The van der Waals surface area contributed by atoms with E-state index >= 15 is 0 Å². The molecule has 0 saturated heterocycles. The number of hydrogen-bond donors (Lipinski definition) is 0. The van der Waals surface area contributed by atoms with E-state index in [-0.39, 0.29) is 0 Å². The molecule has 4 aromatic rings. The number of methoxy groups -OCH3 is 1. The third-order valence-corrected chi connectivity index (χ3v) is 4.36. The number of hydrogen-bond acceptors (Lipinski definition) is 6. The number of aryl methyl sites for hydroxylation is 1. The van der Waals surface area contributed by atoms with Gasteiger partial charge < -0.3 is 13.7 Å². The second kappa shape index (κ2) is 4.99. The summed E-state index contributed by atoms with van der Waals surface area (Å²) in [6, 6.07) is 9.58. The molecule has 1 aromatic carbocycles. The van der Waals surface area contributed by atoms with Gasteiger partial charge in [-0.05, 0) is 36.6 Å². The van der Waals surface area contributed by atoms with Crippen LogP contribution in [0.3, 0.4) is 0 Å². The molecular formula is C16H12N2O3S. The lowest BCUT2D eigenvalue weighted by Gasteiger charge is -1.97. The van der Waals surface area contributed by atoms with Crippen LogP contribution in [-0.4, -0.2) is 17.3 Å². The highest BCUT2D eigenvalue weighted by Gasteiger charge is 2.19. The summed E-state index contributed by atoms with van der Waals surface area (Å²) in [6.07, 6.45) is 0. The third-order valence-electron chi connectivity index (χ3n) is 3.50. The van der Waals surface area contributed by atoms with Crippen LogP contribution < -0.4 is 4.74 Å². The minimum atomic E-state index is 0.455. The second-order valence-corrected chi connectivity index (χ2v) is 5.77. The van der Waals surface area contributed by atoms with Gasteiger partial charge in [0.2, 0.25) is 5.82 Å². The molecule has 4 rings (SSSR count). The van der Waals surface area contributed by atoms with Gasteiger partial charge in [0.1, 0.15) is 11.3 Å². The van der Waals surface area contributed by atoms with E-state index in [9.17, 15) is 0 Å². The number of fused-ring (bicyclic) bond motifs is 1. The molecule has 0 aliphatic carbocycles. The molecule has 0 spiro atoms. The zero-order valence-electron chi connectivity index (χ0n) is 12.0. The SMILES string of the molecule is COc1ccc2oc(-c3noc(-c4cccs4)n3)c(C)c2c1. The fourth-order valence-corrected chi connectivity index (χ4v) is 3.00. The van der Waals surface area contributed by atoms with Crippen LogP contribution in [0.15, 0.2) is 44.7 Å². The molecule has 3 heterocycles. The van der Waals surface area contributed by atoms with Crippen molar-refractivity contribution in [2.45, 2.75) is 6.92 Å². The monoisotopic (exact) mass is 312 g/mol. The zero-order valence-corrected chi connectivity index (χ0v) is 12.8. The average Bonchev–Trinajstić information content (AvgIpc) is 3.26. The van der Waals surface area contributed by atoms with Crippen LogP contribution in [0.2, 0.25) is 0 Å². The molecule has 0 aliphatic rings. The van der Waals surface area contributed by atoms with Gasteiger partial charge >= 0.3 is 0 Å². The topological polar surface area (TPSA) is 61.3 Å². The van der Waals surface area contributed by atoms with Crippen molar-refractivity contribution in [2.24, 2.45) is 0 Å². The maximum absolute atomic E-state index is 5.88. The summed E-state index contributed by atoms with van der Waals surface area (Å²) in [6.45, 7) is 1.97. The van der Waals surface area contributed by atoms with Crippen LogP contribution in [0, 0.1) is 6.92 Å². The normalized spacial score (nSPS) is 11.2. The molecule has 3 aromatic heterocycles. The molecule has 110 valence electrons. The van der Waals surface area contributed by atoms with Gasteiger partial charge in [0.15, 0.2) is 5.76 Å². The highest BCUT2D eigenvalue weighted by Crippen LogP contribution is 2.34. The lowest BCUT2D eigenvalue weighted by Crippen LogP contribution is -1.82. The summed E-state index contributed by atoms with van der Waals surface area (Å²) in [5, 5.41) is 6.99. The van der Waals surface area contributed by atoms with E-state index in [0.717, 1.165) is 27.2 Å². The maximum atomic E-state index is 5.88. The van der Waals surface area contributed by atoms with E-state index in [1.54, 1.807) is 18.4 Å². The Morgan fingerprint density at radius 1 is 1.23 bits per heavy atom. The fourth-order valence-electron chi connectivity index (χ4n) is 2.36. The number of ether oxygens (including phenoxy) is 1. The molecule has 0 amide bonds. The molecule has 0 aliphatic heterocycles. The van der Waals surface area contributed by atoms with Crippen LogP contribution in [0.25, 0.3) is 33.3 Å². The van der Waals surface area contributed by atoms with Crippen molar-refractivity contribution in [3.8, 4) is 28.1 Å². The minimum Gasteiger partial charge on any atom is -0.497 e. The minimum absolute atomic E-state index is 0.455. The molecule has 0 saturated carbocycles. The zero-order chi connectivity index (χ0) is 15.1. The molecule has 0 radical (unpaired) electrons. The Balaban J connectivity index is 1.82. The van der Waals surface area contributed by atoms with E-state index in [2.05, 4.69) is 10.1 Å². The summed E-state index contributed by atoms with van der Waals surface area (Å²) in [5.41, 5.74) is 1.74. The first-order valence-electron chi connectivity index (χ1n) is 6.71. The maximum Gasteiger partial charge on any atom is 0.268 e. The Labute approximate surface area is 130 Å². The van der Waals surface area contributed by atoms with Gasteiger partial charge in [-0.3, -0.25) is 0 Å². The molecule has 0 atom stereocenters. The van der Waals surface area contributed by atoms with Crippen LogP contribution in [0.1, 0.15) is 5.56 Å². The Morgan fingerprint density at radius 2 is 2.14 bits per heavy atom.